The molecular weight excluding hydrogens is 223 g/mol. The van der Waals surface area contributed by atoms with Crippen LogP contribution in [0.1, 0.15) is 18.5 Å². The number of thioether (sulfide) groups is 1. The van der Waals surface area contributed by atoms with E-state index in [4.69, 9.17) is 5.73 Å². The molecule has 4 heteroatoms. The van der Waals surface area contributed by atoms with Crippen LogP contribution in [0.15, 0.2) is 18.2 Å². The fourth-order valence-corrected chi connectivity index (χ4v) is 1.92. The highest BCUT2D eigenvalue weighted by molar-refractivity contribution is 7.98. The molecule has 1 aromatic carbocycles. The molecule has 2 N–H and O–H groups in total. The maximum Gasteiger partial charge on any atom is 0.146 e. The summed E-state index contributed by atoms with van der Waals surface area (Å²) in [7, 11) is 1.90. The van der Waals surface area contributed by atoms with Gasteiger partial charge < -0.3 is 10.6 Å². The molecule has 0 bridgehead atoms. The van der Waals surface area contributed by atoms with Crippen molar-refractivity contribution in [3.05, 3.63) is 29.6 Å². The normalized spacial score (nSPS) is 12.6. The fraction of sp³-hybridized carbons (Fsp3) is 0.500. The Morgan fingerprint density at radius 2 is 2.19 bits per heavy atom. The molecule has 1 rings (SSSR count). The minimum Gasteiger partial charge on any atom is -0.371 e. The lowest BCUT2D eigenvalue weighted by Crippen LogP contribution is -2.21. The van der Waals surface area contributed by atoms with Gasteiger partial charge in [0.05, 0.1) is 5.69 Å². The van der Waals surface area contributed by atoms with E-state index in [2.05, 4.69) is 0 Å². The first-order valence-corrected chi connectivity index (χ1v) is 6.70. The van der Waals surface area contributed by atoms with E-state index in [9.17, 15) is 4.39 Å². The van der Waals surface area contributed by atoms with Gasteiger partial charge in [-0.15, -0.1) is 0 Å². The molecule has 0 aliphatic heterocycles. The molecule has 0 unspecified atom stereocenters. The Labute approximate surface area is 101 Å². The standard InChI is InChI=1S/C12H19FN2S/c1-9(14)10-4-5-12(11(13)8-10)15(2)6-7-16-3/h4-5,8-9H,6-7,14H2,1-3H3/t9-/m0/s1. The van der Waals surface area contributed by atoms with Crippen LogP contribution in [0, 0.1) is 5.82 Å². The highest BCUT2D eigenvalue weighted by atomic mass is 32.2. The maximum atomic E-state index is 13.8. The summed E-state index contributed by atoms with van der Waals surface area (Å²) in [6, 6.07) is 5.09. The van der Waals surface area contributed by atoms with Crippen molar-refractivity contribution in [1.29, 1.82) is 0 Å². The van der Waals surface area contributed by atoms with Crippen molar-refractivity contribution in [1.82, 2.24) is 0 Å². The van der Waals surface area contributed by atoms with Crippen LogP contribution < -0.4 is 10.6 Å². The zero-order chi connectivity index (χ0) is 12.1. The van der Waals surface area contributed by atoms with Crippen molar-refractivity contribution in [2.24, 2.45) is 5.73 Å². The third-order valence-electron chi connectivity index (χ3n) is 2.54. The van der Waals surface area contributed by atoms with Crippen LogP contribution >= 0.6 is 11.8 Å². The number of benzene rings is 1. The van der Waals surface area contributed by atoms with Gasteiger partial charge in [-0.25, -0.2) is 4.39 Å². The molecule has 1 atom stereocenters. The monoisotopic (exact) mass is 242 g/mol. The van der Waals surface area contributed by atoms with Gasteiger partial charge in [-0.2, -0.15) is 11.8 Å². The van der Waals surface area contributed by atoms with E-state index < -0.39 is 0 Å². The van der Waals surface area contributed by atoms with Crippen LogP contribution in [0.3, 0.4) is 0 Å². The van der Waals surface area contributed by atoms with Crippen molar-refractivity contribution < 1.29 is 4.39 Å². The zero-order valence-corrected chi connectivity index (χ0v) is 10.9. The second-order valence-corrected chi connectivity index (χ2v) is 4.90. The molecule has 0 spiro atoms. The van der Waals surface area contributed by atoms with Crippen LogP contribution in [0.5, 0.6) is 0 Å². The molecule has 2 nitrogen and oxygen atoms in total. The molecule has 1 aromatic rings. The molecule has 0 saturated heterocycles. The highest BCUT2D eigenvalue weighted by Gasteiger charge is 2.09. The lowest BCUT2D eigenvalue weighted by Gasteiger charge is -2.20. The topological polar surface area (TPSA) is 29.3 Å². The van der Waals surface area contributed by atoms with Crippen molar-refractivity contribution in [3.8, 4) is 0 Å². The summed E-state index contributed by atoms with van der Waals surface area (Å²) < 4.78 is 13.8. The third kappa shape index (κ3) is 3.39. The van der Waals surface area contributed by atoms with Crippen LogP contribution in [0.25, 0.3) is 0 Å². The Hall–Kier alpha value is -0.740. The number of rotatable bonds is 5. The molecule has 0 aromatic heterocycles. The lowest BCUT2D eigenvalue weighted by atomic mass is 10.1. The quantitative estimate of drug-likeness (QED) is 0.860. The van der Waals surface area contributed by atoms with E-state index in [0.717, 1.165) is 17.9 Å². The highest BCUT2D eigenvalue weighted by Crippen LogP contribution is 2.21. The molecule has 0 aliphatic carbocycles. The minimum absolute atomic E-state index is 0.125. The largest absolute Gasteiger partial charge is 0.371 e. The molecule has 0 radical (unpaired) electrons. The molecular formula is C12H19FN2S. The van der Waals surface area contributed by atoms with Gasteiger partial charge in [0.25, 0.3) is 0 Å². The average molecular weight is 242 g/mol. The molecule has 0 heterocycles. The summed E-state index contributed by atoms with van der Waals surface area (Å²) in [4.78, 5) is 1.93. The Bertz CT molecular complexity index is 342. The number of nitrogens with two attached hydrogens (primary N) is 1. The number of anilines is 1. The van der Waals surface area contributed by atoms with E-state index in [1.165, 1.54) is 6.07 Å². The molecule has 0 aliphatic rings. The van der Waals surface area contributed by atoms with E-state index >= 15 is 0 Å². The lowest BCUT2D eigenvalue weighted by molar-refractivity contribution is 0.618. The Morgan fingerprint density at radius 1 is 1.50 bits per heavy atom. The van der Waals surface area contributed by atoms with Crippen LogP contribution in [0.4, 0.5) is 10.1 Å². The predicted molar refractivity (Wildman–Crippen MR) is 70.7 cm³/mol. The van der Waals surface area contributed by atoms with E-state index in [0.29, 0.717) is 5.69 Å². The van der Waals surface area contributed by atoms with Gasteiger partial charge in [0.1, 0.15) is 5.82 Å². The van der Waals surface area contributed by atoms with Gasteiger partial charge in [0.15, 0.2) is 0 Å². The van der Waals surface area contributed by atoms with Gasteiger partial charge in [0.2, 0.25) is 0 Å². The van der Waals surface area contributed by atoms with E-state index in [1.54, 1.807) is 17.8 Å². The molecule has 0 amide bonds. The van der Waals surface area contributed by atoms with Crippen molar-refractivity contribution in [2.75, 3.05) is 30.5 Å². The van der Waals surface area contributed by atoms with Crippen molar-refractivity contribution >= 4 is 17.4 Å². The zero-order valence-electron chi connectivity index (χ0n) is 10.0. The van der Waals surface area contributed by atoms with Crippen LogP contribution in [-0.4, -0.2) is 25.6 Å². The summed E-state index contributed by atoms with van der Waals surface area (Å²) in [6.07, 6.45) is 2.05. The first-order chi connectivity index (χ1) is 7.56. The minimum atomic E-state index is -0.196. The Kier molecular flexibility index (Phi) is 5.09. The van der Waals surface area contributed by atoms with E-state index in [1.807, 2.05) is 31.2 Å². The van der Waals surface area contributed by atoms with Gasteiger partial charge in [-0.05, 0) is 30.9 Å². The maximum absolute atomic E-state index is 13.8. The number of hydrogen-bond acceptors (Lipinski definition) is 3. The van der Waals surface area contributed by atoms with Crippen molar-refractivity contribution in [3.63, 3.8) is 0 Å². The van der Waals surface area contributed by atoms with Gasteiger partial charge in [0, 0.05) is 25.4 Å². The average Bonchev–Trinajstić information content (AvgIpc) is 2.25. The number of halogens is 1. The summed E-state index contributed by atoms with van der Waals surface area (Å²) in [5.74, 6) is 0.795. The second-order valence-electron chi connectivity index (χ2n) is 3.91. The molecule has 0 fully saturated rings. The first kappa shape index (κ1) is 13.3. The predicted octanol–water partition coefficient (Wildman–Crippen LogP) is 2.64. The Morgan fingerprint density at radius 3 is 2.69 bits per heavy atom. The first-order valence-electron chi connectivity index (χ1n) is 5.31. The summed E-state index contributed by atoms with van der Waals surface area (Å²) in [5, 5.41) is 0. The summed E-state index contributed by atoms with van der Waals surface area (Å²) >= 11 is 1.75. The Balaban J connectivity index is 2.81. The summed E-state index contributed by atoms with van der Waals surface area (Å²) in [6.45, 7) is 2.70. The smallest absolute Gasteiger partial charge is 0.146 e. The molecule has 16 heavy (non-hydrogen) atoms. The number of nitrogens with zero attached hydrogens (tertiary/aromatic N) is 1. The van der Waals surface area contributed by atoms with E-state index in [-0.39, 0.29) is 11.9 Å². The fourth-order valence-electron chi connectivity index (χ4n) is 1.46. The summed E-state index contributed by atoms with van der Waals surface area (Å²) in [5.41, 5.74) is 7.18. The van der Waals surface area contributed by atoms with Gasteiger partial charge in [-0.1, -0.05) is 6.07 Å². The van der Waals surface area contributed by atoms with Gasteiger partial charge in [-0.3, -0.25) is 0 Å². The van der Waals surface area contributed by atoms with Crippen molar-refractivity contribution in [2.45, 2.75) is 13.0 Å². The SMILES string of the molecule is CSCCN(C)c1ccc([C@H](C)N)cc1F. The second kappa shape index (κ2) is 6.11. The molecule has 90 valence electrons. The van der Waals surface area contributed by atoms with Crippen LogP contribution in [-0.2, 0) is 0 Å². The molecule has 0 saturated carbocycles. The van der Waals surface area contributed by atoms with Crippen LogP contribution in [0.2, 0.25) is 0 Å². The number of hydrogen-bond donors (Lipinski definition) is 1. The van der Waals surface area contributed by atoms with Gasteiger partial charge >= 0.3 is 0 Å². The third-order valence-corrected chi connectivity index (χ3v) is 3.13.